The van der Waals surface area contributed by atoms with Gasteiger partial charge in [0, 0.05) is 24.4 Å². The molecule has 0 saturated carbocycles. The maximum atomic E-state index is 12.6. The lowest BCUT2D eigenvalue weighted by atomic mass is 10.1. The minimum absolute atomic E-state index is 0.00127. The summed E-state index contributed by atoms with van der Waals surface area (Å²) in [7, 11) is 1.59. The van der Waals surface area contributed by atoms with E-state index in [1.807, 2.05) is 25.1 Å². The predicted molar refractivity (Wildman–Crippen MR) is 102 cm³/mol. The quantitative estimate of drug-likeness (QED) is 0.694. The van der Waals surface area contributed by atoms with Crippen molar-refractivity contribution in [1.82, 2.24) is 10.1 Å². The highest BCUT2D eigenvalue weighted by molar-refractivity contribution is 5.97. The third kappa shape index (κ3) is 3.21. The first-order chi connectivity index (χ1) is 13.6. The molecule has 1 aliphatic heterocycles. The van der Waals surface area contributed by atoms with Crippen LogP contribution in [-0.2, 0) is 4.79 Å². The molecule has 1 aliphatic rings. The number of rotatable bonds is 4. The van der Waals surface area contributed by atoms with Crippen molar-refractivity contribution in [2.24, 2.45) is 0 Å². The molecule has 1 aromatic heterocycles. The summed E-state index contributed by atoms with van der Waals surface area (Å²) in [5.74, 6) is 1.37. The number of anilines is 1. The number of ether oxygens (including phenoxy) is 1. The first-order valence-corrected chi connectivity index (χ1v) is 8.88. The molecule has 7 nitrogen and oxygen atoms in total. The van der Waals surface area contributed by atoms with E-state index in [-0.39, 0.29) is 11.8 Å². The van der Waals surface area contributed by atoms with E-state index in [1.165, 1.54) is 0 Å². The number of hydrogen-bond donors (Lipinski definition) is 0. The van der Waals surface area contributed by atoms with Gasteiger partial charge in [-0.25, -0.2) is 0 Å². The van der Waals surface area contributed by atoms with Crippen LogP contribution in [0, 0.1) is 18.3 Å². The van der Waals surface area contributed by atoms with Gasteiger partial charge in [-0.3, -0.25) is 4.79 Å². The van der Waals surface area contributed by atoms with Crippen molar-refractivity contribution in [3.8, 4) is 23.3 Å². The van der Waals surface area contributed by atoms with E-state index < -0.39 is 0 Å². The number of benzene rings is 2. The third-order valence-corrected chi connectivity index (χ3v) is 4.82. The van der Waals surface area contributed by atoms with Crippen LogP contribution >= 0.6 is 0 Å². The molecule has 2 aromatic carbocycles. The zero-order chi connectivity index (χ0) is 19.7. The third-order valence-electron chi connectivity index (χ3n) is 4.82. The first-order valence-electron chi connectivity index (χ1n) is 8.88. The fourth-order valence-corrected chi connectivity index (χ4v) is 3.33. The molecule has 1 atom stereocenters. The normalized spacial score (nSPS) is 16.2. The lowest BCUT2D eigenvalue weighted by Crippen LogP contribution is -2.25. The van der Waals surface area contributed by atoms with Crippen LogP contribution in [0.15, 0.2) is 47.0 Å². The van der Waals surface area contributed by atoms with E-state index in [0.717, 1.165) is 16.8 Å². The summed E-state index contributed by atoms with van der Waals surface area (Å²) in [5, 5.41) is 13.0. The average Bonchev–Trinajstić information content (AvgIpc) is 3.35. The summed E-state index contributed by atoms with van der Waals surface area (Å²) in [6.07, 6.45) is 0.309. The number of nitriles is 1. The Morgan fingerprint density at radius 1 is 1.25 bits per heavy atom. The molecule has 1 fully saturated rings. The number of aromatic nitrogens is 2. The van der Waals surface area contributed by atoms with Gasteiger partial charge < -0.3 is 14.2 Å². The molecule has 0 bridgehead atoms. The van der Waals surface area contributed by atoms with Crippen LogP contribution < -0.4 is 9.64 Å². The van der Waals surface area contributed by atoms with Crippen LogP contribution in [0.4, 0.5) is 5.69 Å². The molecule has 0 spiro atoms. The Bertz CT molecular complexity index is 1070. The Hall–Kier alpha value is -3.66. The lowest BCUT2D eigenvalue weighted by Gasteiger charge is -2.19. The van der Waals surface area contributed by atoms with Crippen LogP contribution in [0.25, 0.3) is 11.5 Å². The van der Waals surface area contributed by atoms with Crippen molar-refractivity contribution in [2.75, 3.05) is 18.6 Å². The molecule has 7 heteroatoms. The zero-order valence-corrected chi connectivity index (χ0v) is 15.5. The van der Waals surface area contributed by atoms with E-state index >= 15 is 0 Å². The molecule has 0 N–H and O–H groups in total. The van der Waals surface area contributed by atoms with E-state index in [4.69, 9.17) is 14.5 Å². The topological polar surface area (TPSA) is 92.2 Å². The minimum Gasteiger partial charge on any atom is -0.495 e. The molecule has 0 aliphatic carbocycles. The number of nitrogens with zero attached hydrogens (tertiary/aromatic N) is 4. The fraction of sp³-hybridized carbons (Fsp3) is 0.238. The van der Waals surface area contributed by atoms with Crippen LogP contribution in [0.5, 0.6) is 5.75 Å². The van der Waals surface area contributed by atoms with E-state index in [2.05, 4.69) is 16.2 Å². The molecule has 3 aromatic rings. The van der Waals surface area contributed by atoms with Crippen molar-refractivity contribution in [3.63, 3.8) is 0 Å². The molecular formula is C21H18N4O3. The Balaban J connectivity index is 1.57. The summed E-state index contributed by atoms with van der Waals surface area (Å²) < 4.78 is 10.8. The highest BCUT2D eigenvalue weighted by Crippen LogP contribution is 2.36. The molecule has 1 saturated heterocycles. The number of amides is 1. The van der Waals surface area contributed by atoms with E-state index in [1.54, 1.807) is 36.3 Å². The molecule has 4 rings (SSSR count). The number of aryl methyl sites for hydroxylation is 1. The SMILES string of the molecule is COc1ccc(C)cc1N1CC(c2noc(-c3ccc(C#N)cc3)n2)CC1=O. The van der Waals surface area contributed by atoms with Gasteiger partial charge in [0.05, 0.1) is 24.4 Å². The zero-order valence-electron chi connectivity index (χ0n) is 15.5. The number of hydrogen-bond acceptors (Lipinski definition) is 6. The fourth-order valence-electron chi connectivity index (χ4n) is 3.33. The van der Waals surface area contributed by atoms with E-state index in [9.17, 15) is 4.79 Å². The minimum atomic E-state index is -0.159. The molecule has 1 unspecified atom stereocenters. The maximum absolute atomic E-state index is 12.6. The summed E-state index contributed by atoms with van der Waals surface area (Å²) in [6, 6.07) is 14.8. The van der Waals surface area contributed by atoms with Crippen LogP contribution in [-0.4, -0.2) is 29.7 Å². The Morgan fingerprint density at radius 3 is 2.75 bits per heavy atom. The summed E-state index contributed by atoms with van der Waals surface area (Å²) in [5.41, 5.74) is 3.10. The molecule has 2 heterocycles. The second-order valence-corrected chi connectivity index (χ2v) is 6.73. The molecule has 140 valence electrons. The van der Waals surface area contributed by atoms with Crippen molar-refractivity contribution in [2.45, 2.75) is 19.3 Å². The van der Waals surface area contributed by atoms with Crippen LogP contribution in [0.1, 0.15) is 29.3 Å². The highest BCUT2D eigenvalue weighted by atomic mass is 16.5. The van der Waals surface area contributed by atoms with Gasteiger partial charge in [0.1, 0.15) is 5.75 Å². The van der Waals surface area contributed by atoms with Crippen molar-refractivity contribution in [3.05, 3.63) is 59.4 Å². The smallest absolute Gasteiger partial charge is 0.257 e. The van der Waals surface area contributed by atoms with E-state index in [0.29, 0.717) is 36.0 Å². The molecular weight excluding hydrogens is 356 g/mol. The Kier molecular flexibility index (Phi) is 4.53. The molecule has 1 amide bonds. The molecule has 28 heavy (non-hydrogen) atoms. The van der Waals surface area contributed by atoms with Gasteiger partial charge in [0.2, 0.25) is 5.91 Å². The van der Waals surface area contributed by atoms with Gasteiger partial charge in [-0.15, -0.1) is 0 Å². The largest absolute Gasteiger partial charge is 0.495 e. The van der Waals surface area contributed by atoms with Crippen molar-refractivity contribution < 1.29 is 14.1 Å². The maximum Gasteiger partial charge on any atom is 0.257 e. The predicted octanol–water partition coefficient (Wildman–Crippen LogP) is 3.45. The average molecular weight is 374 g/mol. The summed E-state index contributed by atoms with van der Waals surface area (Å²) >= 11 is 0. The summed E-state index contributed by atoms with van der Waals surface area (Å²) in [4.78, 5) is 18.8. The summed E-state index contributed by atoms with van der Waals surface area (Å²) in [6.45, 7) is 2.44. The standard InChI is InChI=1S/C21H18N4O3/c1-13-3-8-18(27-2)17(9-13)25-12-16(10-19(25)26)20-23-21(28-24-20)15-6-4-14(11-22)5-7-15/h3-9,16H,10,12H2,1-2H3. The van der Waals surface area contributed by atoms with Crippen molar-refractivity contribution >= 4 is 11.6 Å². The van der Waals surface area contributed by atoms with Crippen LogP contribution in [0.3, 0.4) is 0 Å². The second-order valence-electron chi connectivity index (χ2n) is 6.73. The van der Waals surface area contributed by atoms with Crippen molar-refractivity contribution in [1.29, 1.82) is 5.26 Å². The van der Waals surface area contributed by atoms with Gasteiger partial charge in [-0.05, 0) is 48.9 Å². The van der Waals surface area contributed by atoms with Gasteiger partial charge in [0.15, 0.2) is 5.82 Å². The van der Waals surface area contributed by atoms with Gasteiger partial charge in [0.25, 0.3) is 5.89 Å². The van der Waals surface area contributed by atoms with Crippen LogP contribution in [0.2, 0.25) is 0 Å². The highest BCUT2D eigenvalue weighted by Gasteiger charge is 2.35. The Morgan fingerprint density at radius 2 is 2.04 bits per heavy atom. The second kappa shape index (κ2) is 7.16. The monoisotopic (exact) mass is 374 g/mol. The van der Waals surface area contributed by atoms with Gasteiger partial charge >= 0.3 is 0 Å². The number of carbonyl (C=O) groups excluding carboxylic acids is 1. The Labute approximate surface area is 162 Å². The molecule has 0 radical (unpaired) electrons. The first kappa shape index (κ1) is 17.7. The number of carbonyl (C=O) groups is 1. The van der Waals surface area contributed by atoms with Gasteiger partial charge in [-0.1, -0.05) is 11.2 Å². The lowest BCUT2D eigenvalue weighted by molar-refractivity contribution is -0.117. The number of methoxy groups -OCH3 is 1. The van der Waals surface area contributed by atoms with Gasteiger partial charge in [-0.2, -0.15) is 10.2 Å².